The molecule has 4 rings (SSSR count). The molecule has 0 aromatic heterocycles. The number of aryl methyl sites for hydroxylation is 1. The lowest BCUT2D eigenvalue weighted by atomic mass is 9.94. The molecule has 1 saturated heterocycles. The molecule has 2 N–H and O–H groups in total. The number of carbonyl (C=O) groups excluding carboxylic acids is 3. The van der Waals surface area contributed by atoms with Crippen LogP contribution in [0.5, 0.6) is 0 Å². The minimum absolute atomic E-state index is 0.0281. The number of hydrogen-bond acceptors (Lipinski definition) is 4. The molecule has 2 amide bonds. The lowest BCUT2D eigenvalue weighted by molar-refractivity contribution is -0.132. The number of amides is 2. The second-order valence-corrected chi connectivity index (χ2v) is 7.86. The summed E-state index contributed by atoms with van der Waals surface area (Å²) in [6.07, 6.45) is 0.850. The highest BCUT2D eigenvalue weighted by Crippen LogP contribution is 2.42. The standard InChI is InChI=1S/C27H24N2O4/c1-3-18-12-14-19(15-13-18)24-23(25(31)20-8-5-4-6-9-20)26(32)27(33)29(24)22-11-7-10-21(16-22)28-17(2)30/h4-16,24,31H,3H2,1-2H3,(H,28,30)/b25-23+. The summed E-state index contributed by atoms with van der Waals surface area (Å²) in [5.41, 5.74) is 3.25. The van der Waals surface area contributed by atoms with Gasteiger partial charge in [-0.25, -0.2) is 0 Å². The van der Waals surface area contributed by atoms with Crippen LogP contribution >= 0.6 is 0 Å². The molecule has 1 heterocycles. The summed E-state index contributed by atoms with van der Waals surface area (Å²) in [7, 11) is 0. The van der Waals surface area contributed by atoms with Crippen LogP contribution < -0.4 is 10.2 Å². The molecule has 166 valence electrons. The Labute approximate surface area is 192 Å². The Balaban J connectivity index is 1.90. The van der Waals surface area contributed by atoms with Gasteiger partial charge in [0.25, 0.3) is 11.7 Å². The van der Waals surface area contributed by atoms with Gasteiger partial charge in [0.1, 0.15) is 5.76 Å². The zero-order valence-corrected chi connectivity index (χ0v) is 18.4. The third-order valence-electron chi connectivity index (χ3n) is 5.64. The summed E-state index contributed by atoms with van der Waals surface area (Å²) in [4.78, 5) is 39.3. The second-order valence-electron chi connectivity index (χ2n) is 7.86. The van der Waals surface area contributed by atoms with Crippen molar-refractivity contribution in [3.05, 3.63) is 101 Å². The van der Waals surface area contributed by atoms with Crippen LogP contribution in [0.15, 0.2) is 84.4 Å². The Bertz CT molecular complexity index is 1250. The van der Waals surface area contributed by atoms with Crippen LogP contribution in [0.4, 0.5) is 11.4 Å². The number of hydrogen-bond donors (Lipinski definition) is 2. The highest BCUT2D eigenvalue weighted by Gasteiger charge is 2.47. The van der Waals surface area contributed by atoms with Gasteiger partial charge in [-0.3, -0.25) is 19.3 Å². The molecule has 1 atom stereocenters. The van der Waals surface area contributed by atoms with Gasteiger partial charge >= 0.3 is 0 Å². The van der Waals surface area contributed by atoms with Crippen molar-refractivity contribution in [3.8, 4) is 0 Å². The molecule has 0 saturated carbocycles. The zero-order chi connectivity index (χ0) is 23.5. The van der Waals surface area contributed by atoms with Gasteiger partial charge in [-0.1, -0.05) is 67.6 Å². The largest absolute Gasteiger partial charge is 0.507 e. The van der Waals surface area contributed by atoms with Gasteiger partial charge in [0, 0.05) is 23.9 Å². The molecule has 1 aliphatic rings. The number of aliphatic hydroxyl groups excluding tert-OH is 1. The van der Waals surface area contributed by atoms with Crippen molar-refractivity contribution in [1.82, 2.24) is 0 Å². The molecule has 0 radical (unpaired) electrons. The summed E-state index contributed by atoms with van der Waals surface area (Å²) in [6, 6.07) is 22.3. The molecule has 3 aromatic carbocycles. The smallest absolute Gasteiger partial charge is 0.300 e. The molecule has 6 heteroatoms. The lowest BCUT2D eigenvalue weighted by Gasteiger charge is -2.26. The Kier molecular flexibility index (Phi) is 6.09. The molecular weight excluding hydrogens is 416 g/mol. The zero-order valence-electron chi connectivity index (χ0n) is 18.4. The molecule has 0 spiro atoms. The third-order valence-corrected chi connectivity index (χ3v) is 5.64. The third kappa shape index (κ3) is 4.28. The van der Waals surface area contributed by atoms with E-state index >= 15 is 0 Å². The number of anilines is 2. The SMILES string of the molecule is CCc1ccc(C2/C(=C(\O)c3ccccc3)C(=O)C(=O)N2c2cccc(NC(C)=O)c2)cc1. The van der Waals surface area contributed by atoms with Crippen molar-refractivity contribution in [1.29, 1.82) is 0 Å². The van der Waals surface area contributed by atoms with Crippen molar-refractivity contribution < 1.29 is 19.5 Å². The summed E-state index contributed by atoms with van der Waals surface area (Å²) in [6.45, 7) is 3.44. The van der Waals surface area contributed by atoms with E-state index in [-0.39, 0.29) is 17.2 Å². The highest BCUT2D eigenvalue weighted by molar-refractivity contribution is 6.51. The molecule has 1 fully saturated rings. The van der Waals surface area contributed by atoms with E-state index in [0.29, 0.717) is 22.5 Å². The number of ketones is 1. The van der Waals surface area contributed by atoms with Gasteiger partial charge in [-0.05, 0) is 35.7 Å². The van der Waals surface area contributed by atoms with Crippen molar-refractivity contribution in [2.45, 2.75) is 26.3 Å². The highest BCUT2D eigenvalue weighted by atomic mass is 16.3. The number of benzene rings is 3. The number of nitrogens with zero attached hydrogens (tertiary/aromatic N) is 1. The number of nitrogens with one attached hydrogen (secondary N) is 1. The predicted molar refractivity (Wildman–Crippen MR) is 128 cm³/mol. The first kappa shape index (κ1) is 22.0. The molecule has 3 aromatic rings. The van der Waals surface area contributed by atoms with E-state index in [2.05, 4.69) is 5.32 Å². The van der Waals surface area contributed by atoms with Crippen LogP contribution in [0, 0.1) is 0 Å². The Morgan fingerprint density at radius 2 is 1.67 bits per heavy atom. The fourth-order valence-electron chi connectivity index (χ4n) is 4.04. The first-order valence-corrected chi connectivity index (χ1v) is 10.7. The summed E-state index contributed by atoms with van der Waals surface area (Å²) >= 11 is 0. The van der Waals surface area contributed by atoms with Crippen LogP contribution in [0.1, 0.15) is 36.6 Å². The number of carbonyl (C=O) groups is 3. The van der Waals surface area contributed by atoms with Crippen LogP contribution in [-0.4, -0.2) is 22.7 Å². The molecule has 0 bridgehead atoms. The predicted octanol–water partition coefficient (Wildman–Crippen LogP) is 4.83. The molecule has 1 aliphatic heterocycles. The van der Waals surface area contributed by atoms with Gasteiger partial charge in [0.15, 0.2) is 0 Å². The lowest BCUT2D eigenvalue weighted by Crippen LogP contribution is -2.29. The molecule has 0 aliphatic carbocycles. The second kappa shape index (κ2) is 9.12. The maximum Gasteiger partial charge on any atom is 0.300 e. The van der Waals surface area contributed by atoms with Gasteiger partial charge in [0.05, 0.1) is 11.6 Å². The van der Waals surface area contributed by atoms with Crippen LogP contribution in [0.25, 0.3) is 5.76 Å². The fourth-order valence-corrected chi connectivity index (χ4v) is 4.04. The van der Waals surface area contributed by atoms with E-state index in [4.69, 9.17) is 0 Å². The van der Waals surface area contributed by atoms with E-state index in [0.717, 1.165) is 12.0 Å². The van der Waals surface area contributed by atoms with E-state index in [1.165, 1.54) is 11.8 Å². The number of rotatable bonds is 5. The van der Waals surface area contributed by atoms with Gasteiger partial charge in [0.2, 0.25) is 5.91 Å². The average molecular weight is 440 g/mol. The van der Waals surface area contributed by atoms with E-state index in [1.54, 1.807) is 48.5 Å². The fraction of sp³-hybridized carbons (Fsp3) is 0.148. The Morgan fingerprint density at radius 3 is 2.30 bits per heavy atom. The van der Waals surface area contributed by atoms with Gasteiger partial charge in [-0.2, -0.15) is 0 Å². The summed E-state index contributed by atoms with van der Waals surface area (Å²) in [5.74, 6) is -1.97. The quantitative estimate of drug-likeness (QED) is 0.338. The normalized spacial score (nSPS) is 17.3. The van der Waals surface area contributed by atoms with E-state index in [1.807, 2.05) is 37.3 Å². The molecular formula is C27H24N2O4. The topological polar surface area (TPSA) is 86.7 Å². The number of aliphatic hydroxyl groups is 1. The maximum atomic E-state index is 13.2. The van der Waals surface area contributed by atoms with E-state index < -0.39 is 17.7 Å². The summed E-state index contributed by atoms with van der Waals surface area (Å²) < 4.78 is 0. The van der Waals surface area contributed by atoms with Crippen molar-refractivity contribution in [2.75, 3.05) is 10.2 Å². The minimum atomic E-state index is -0.816. The van der Waals surface area contributed by atoms with Gasteiger partial charge in [-0.15, -0.1) is 0 Å². The average Bonchev–Trinajstić information content (AvgIpc) is 3.09. The van der Waals surface area contributed by atoms with Crippen LogP contribution in [-0.2, 0) is 20.8 Å². The Hall–Kier alpha value is -4.19. The number of Topliss-reactive ketones (excluding diaryl/α,β-unsaturated/α-hetero) is 1. The van der Waals surface area contributed by atoms with Gasteiger partial charge < -0.3 is 10.4 Å². The first-order chi connectivity index (χ1) is 15.9. The first-order valence-electron chi connectivity index (χ1n) is 10.7. The maximum absolute atomic E-state index is 13.2. The van der Waals surface area contributed by atoms with E-state index in [9.17, 15) is 19.5 Å². The molecule has 6 nitrogen and oxygen atoms in total. The van der Waals surface area contributed by atoms with Crippen molar-refractivity contribution >= 4 is 34.7 Å². The van der Waals surface area contributed by atoms with Crippen LogP contribution in [0.3, 0.4) is 0 Å². The molecule has 33 heavy (non-hydrogen) atoms. The summed E-state index contributed by atoms with van der Waals surface area (Å²) in [5, 5.41) is 13.8. The Morgan fingerprint density at radius 1 is 0.970 bits per heavy atom. The van der Waals surface area contributed by atoms with Crippen molar-refractivity contribution in [3.63, 3.8) is 0 Å². The monoisotopic (exact) mass is 440 g/mol. The minimum Gasteiger partial charge on any atom is -0.507 e. The molecule has 1 unspecified atom stereocenters. The van der Waals surface area contributed by atoms with Crippen LogP contribution in [0.2, 0.25) is 0 Å². The van der Waals surface area contributed by atoms with Crippen molar-refractivity contribution in [2.24, 2.45) is 0 Å².